The fourth-order valence-electron chi connectivity index (χ4n) is 2.86. The third kappa shape index (κ3) is 3.50. The van der Waals surface area contributed by atoms with Gasteiger partial charge in [0, 0.05) is 23.1 Å². The Labute approximate surface area is 146 Å². The van der Waals surface area contributed by atoms with Crippen molar-refractivity contribution in [1.29, 1.82) is 5.26 Å². The topological polar surface area (TPSA) is 56.1 Å². The molecule has 3 atom stereocenters. The zero-order chi connectivity index (χ0) is 16.4. The number of rotatable bonds is 4. The summed E-state index contributed by atoms with van der Waals surface area (Å²) in [5.41, 5.74) is 0. The summed E-state index contributed by atoms with van der Waals surface area (Å²) in [5, 5.41) is 11.1. The van der Waals surface area contributed by atoms with Gasteiger partial charge in [0.2, 0.25) is 5.91 Å². The number of hydrogen-bond acceptors (Lipinski definition) is 5. The smallest absolute Gasteiger partial charge is 0.235 e. The molecule has 1 fully saturated rings. The fourth-order valence-corrected chi connectivity index (χ4v) is 5.65. The number of amides is 1. The van der Waals surface area contributed by atoms with Crippen molar-refractivity contribution in [2.75, 3.05) is 0 Å². The highest BCUT2D eigenvalue weighted by Crippen LogP contribution is 2.47. The van der Waals surface area contributed by atoms with Crippen LogP contribution in [0.25, 0.3) is 0 Å². The van der Waals surface area contributed by atoms with Crippen molar-refractivity contribution in [1.82, 2.24) is 10.2 Å². The Balaban J connectivity index is 2.05. The SMILES string of the molecule is CC(CC1CC2C(=S)N(C(C)C)C(=S)C=C2S1)C(=O)NC#N. The lowest BCUT2D eigenvalue weighted by Crippen LogP contribution is -2.45. The van der Waals surface area contributed by atoms with Gasteiger partial charge in [-0.2, -0.15) is 5.26 Å². The molecule has 0 aromatic carbocycles. The zero-order valence-electron chi connectivity index (χ0n) is 12.8. The van der Waals surface area contributed by atoms with Gasteiger partial charge < -0.3 is 4.90 Å². The summed E-state index contributed by atoms with van der Waals surface area (Å²) in [4.78, 5) is 16.7. The second kappa shape index (κ2) is 7.07. The Morgan fingerprint density at radius 3 is 2.82 bits per heavy atom. The average Bonchev–Trinajstić information content (AvgIpc) is 2.81. The van der Waals surface area contributed by atoms with Gasteiger partial charge in [-0.3, -0.25) is 10.1 Å². The van der Waals surface area contributed by atoms with Crippen LogP contribution in [0.15, 0.2) is 11.0 Å². The van der Waals surface area contributed by atoms with E-state index in [-0.39, 0.29) is 23.8 Å². The third-order valence-electron chi connectivity index (χ3n) is 3.94. The number of thioether (sulfide) groups is 1. The van der Waals surface area contributed by atoms with Crippen LogP contribution < -0.4 is 5.32 Å². The van der Waals surface area contributed by atoms with Gasteiger partial charge in [0.1, 0.15) is 4.99 Å². The van der Waals surface area contributed by atoms with Gasteiger partial charge in [-0.15, -0.1) is 11.8 Å². The van der Waals surface area contributed by atoms with Crippen molar-refractivity contribution in [2.24, 2.45) is 11.8 Å². The molecule has 22 heavy (non-hydrogen) atoms. The molecule has 0 radical (unpaired) electrons. The highest BCUT2D eigenvalue weighted by atomic mass is 32.2. The molecule has 2 aliphatic rings. The predicted molar refractivity (Wildman–Crippen MR) is 97.3 cm³/mol. The lowest BCUT2D eigenvalue weighted by atomic mass is 9.94. The first-order chi connectivity index (χ1) is 10.3. The first-order valence-corrected chi connectivity index (χ1v) is 8.99. The van der Waals surface area contributed by atoms with Crippen molar-refractivity contribution in [2.45, 2.75) is 44.9 Å². The lowest BCUT2D eigenvalue weighted by molar-refractivity contribution is -0.123. The van der Waals surface area contributed by atoms with Crippen molar-refractivity contribution >= 4 is 52.1 Å². The fraction of sp³-hybridized carbons (Fsp3) is 0.600. The summed E-state index contributed by atoms with van der Waals surface area (Å²) >= 11 is 12.9. The van der Waals surface area contributed by atoms with Gasteiger partial charge in [0.25, 0.3) is 0 Å². The Bertz CT molecular complexity index is 579. The van der Waals surface area contributed by atoms with E-state index >= 15 is 0 Å². The van der Waals surface area contributed by atoms with Crippen LogP contribution in [0.3, 0.4) is 0 Å². The van der Waals surface area contributed by atoms with Crippen molar-refractivity contribution < 1.29 is 4.79 Å². The summed E-state index contributed by atoms with van der Waals surface area (Å²) in [6.07, 6.45) is 5.42. The van der Waals surface area contributed by atoms with Crippen LogP contribution in [-0.2, 0) is 4.79 Å². The molecule has 0 saturated carbocycles. The molecule has 0 aromatic heterocycles. The van der Waals surface area contributed by atoms with E-state index < -0.39 is 0 Å². The molecule has 2 heterocycles. The van der Waals surface area contributed by atoms with Crippen LogP contribution >= 0.6 is 36.2 Å². The van der Waals surface area contributed by atoms with Crippen LogP contribution in [-0.4, -0.2) is 32.1 Å². The van der Waals surface area contributed by atoms with E-state index in [0.29, 0.717) is 5.25 Å². The van der Waals surface area contributed by atoms with Crippen LogP contribution in [0.1, 0.15) is 33.6 Å². The minimum Gasteiger partial charge on any atom is -0.324 e. The zero-order valence-corrected chi connectivity index (χ0v) is 15.3. The molecule has 0 spiro atoms. The molecular formula is C15H19N3OS3. The first kappa shape index (κ1) is 17.4. The maximum Gasteiger partial charge on any atom is 0.235 e. The second-order valence-electron chi connectivity index (χ2n) is 5.95. The van der Waals surface area contributed by atoms with Crippen molar-refractivity contribution in [3.05, 3.63) is 11.0 Å². The number of carbonyl (C=O) groups excluding carboxylic acids is 1. The quantitative estimate of drug-likeness (QED) is 0.476. The number of nitrogens with one attached hydrogen (secondary N) is 1. The lowest BCUT2D eigenvalue weighted by Gasteiger charge is -2.35. The minimum absolute atomic E-state index is 0.181. The van der Waals surface area contributed by atoms with E-state index in [2.05, 4.69) is 25.2 Å². The molecule has 0 aromatic rings. The number of hydrogen-bond donors (Lipinski definition) is 1. The van der Waals surface area contributed by atoms with E-state index in [1.165, 1.54) is 4.91 Å². The molecule has 7 heteroatoms. The van der Waals surface area contributed by atoms with E-state index in [0.717, 1.165) is 22.8 Å². The molecule has 2 rings (SSSR count). The molecule has 2 aliphatic heterocycles. The minimum atomic E-state index is -0.214. The Morgan fingerprint density at radius 2 is 2.23 bits per heavy atom. The molecular weight excluding hydrogens is 334 g/mol. The van der Waals surface area contributed by atoms with Gasteiger partial charge in [-0.1, -0.05) is 31.4 Å². The molecule has 1 saturated heterocycles. The molecule has 4 nitrogen and oxygen atoms in total. The normalized spacial score (nSPS) is 25.6. The van der Waals surface area contributed by atoms with Gasteiger partial charge in [0.15, 0.2) is 6.19 Å². The molecule has 1 N–H and O–H groups in total. The third-order valence-corrected chi connectivity index (χ3v) is 6.13. The number of carbonyl (C=O) groups is 1. The number of thiocarbonyl (C=S) groups is 2. The number of nitrogens with zero attached hydrogens (tertiary/aromatic N) is 2. The maximum atomic E-state index is 11.7. The monoisotopic (exact) mass is 353 g/mol. The van der Waals surface area contributed by atoms with Gasteiger partial charge >= 0.3 is 0 Å². The largest absolute Gasteiger partial charge is 0.324 e. The Morgan fingerprint density at radius 1 is 1.55 bits per heavy atom. The van der Waals surface area contributed by atoms with Gasteiger partial charge in [0.05, 0.1) is 4.99 Å². The van der Waals surface area contributed by atoms with Gasteiger partial charge in [-0.05, 0) is 37.7 Å². The molecule has 1 amide bonds. The molecule has 3 unspecified atom stereocenters. The van der Waals surface area contributed by atoms with E-state index in [4.69, 9.17) is 29.7 Å². The highest BCUT2D eigenvalue weighted by molar-refractivity contribution is 8.04. The average molecular weight is 354 g/mol. The van der Waals surface area contributed by atoms with E-state index in [9.17, 15) is 4.79 Å². The number of fused-ring (bicyclic) bond motifs is 1. The van der Waals surface area contributed by atoms with Crippen LogP contribution in [0, 0.1) is 23.3 Å². The molecule has 0 aliphatic carbocycles. The summed E-state index contributed by atoms with van der Waals surface area (Å²) in [7, 11) is 0. The second-order valence-corrected chi connectivity index (χ2v) is 8.16. The number of nitriles is 1. The van der Waals surface area contributed by atoms with Crippen LogP contribution in [0.2, 0.25) is 0 Å². The standard InChI is InChI=1S/C15H19N3OS3/c1-8(2)18-13(20)6-12-11(15(18)21)5-10(22-12)4-9(3)14(19)17-7-16/h6,8-11H,4-5H2,1-3H3,(H,17,19). The molecule has 0 bridgehead atoms. The Hall–Kier alpha value is -0.970. The van der Waals surface area contributed by atoms with Crippen LogP contribution in [0.5, 0.6) is 0 Å². The first-order valence-electron chi connectivity index (χ1n) is 7.29. The summed E-state index contributed by atoms with van der Waals surface area (Å²) in [6, 6.07) is 0.266. The molecule has 118 valence electrons. The summed E-state index contributed by atoms with van der Waals surface area (Å²) in [6.45, 7) is 6.03. The van der Waals surface area contributed by atoms with E-state index in [1.54, 1.807) is 18.0 Å². The van der Waals surface area contributed by atoms with Crippen molar-refractivity contribution in [3.63, 3.8) is 0 Å². The summed E-state index contributed by atoms with van der Waals surface area (Å²) in [5.74, 6) is -0.154. The van der Waals surface area contributed by atoms with Gasteiger partial charge in [-0.25, -0.2) is 0 Å². The highest BCUT2D eigenvalue weighted by Gasteiger charge is 2.40. The maximum absolute atomic E-state index is 11.7. The van der Waals surface area contributed by atoms with Crippen LogP contribution in [0.4, 0.5) is 0 Å². The Kier molecular flexibility index (Phi) is 5.59. The van der Waals surface area contributed by atoms with Crippen molar-refractivity contribution in [3.8, 4) is 6.19 Å². The summed E-state index contributed by atoms with van der Waals surface area (Å²) < 4.78 is 0. The predicted octanol–water partition coefficient (Wildman–Crippen LogP) is 2.99. The van der Waals surface area contributed by atoms with E-state index in [1.807, 2.05) is 11.8 Å².